The van der Waals surface area contributed by atoms with E-state index in [2.05, 4.69) is 0 Å². The summed E-state index contributed by atoms with van der Waals surface area (Å²) in [5.74, 6) is -3.86. The molecule has 3 saturated heterocycles. The van der Waals surface area contributed by atoms with Crippen LogP contribution in [0.2, 0.25) is 0 Å². The average molecular weight is 979 g/mol. The first-order valence-electron chi connectivity index (χ1n) is 22.0. The fourth-order valence-electron chi connectivity index (χ4n) is 7.89. The Bertz CT molecular complexity index is 2380. The average Bonchev–Trinajstić information content (AvgIpc) is 3.31. The molecular formula is C46H58O23. The van der Waals surface area contributed by atoms with Gasteiger partial charge in [0.05, 0.1) is 19.8 Å². The van der Waals surface area contributed by atoms with E-state index in [1.54, 1.807) is 19.9 Å². The Labute approximate surface area is 394 Å². The number of aromatic hydroxyl groups is 1. The molecule has 3 fully saturated rings. The first-order chi connectivity index (χ1) is 32.7. The molecule has 0 bridgehead atoms. The van der Waals surface area contributed by atoms with Gasteiger partial charge in [-0.2, -0.15) is 0 Å². The number of rotatable bonds is 16. The van der Waals surface area contributed by atoms with Crippen LogP contribution < -0.4 is 19.6 Å². The fraction of sp³-hybridized carbons (Fsp3) is 0.565. The van der Waals surface area contributed by atoms with Crippen LogP contribution in [0.15, 0.2) is 51.2 Å². The molecule has 3 aliphatic heterocycles. The second-order valence-electron chi connectivity index (χ2n) is 16.8. The topological polar surface area (TPSA) is 336 Å². The summed E-state index contributed by atoms with van der Waals surface area (Å²) in [7, 11) is 1.43. The molecule has 380 valence electrons. The Morgan fingerprint density at radius 1 is 0.754 bits per heavy atom. The SMILES string of the molecule is CCC(=O)OC1C(COC(C)=O)OC(OC2C(O)C(Oc3c(-c4ccc(OC)cc4)oc4c(CC=C(C)C)c(OC5OC(CO)C(O)C(O)C5O)cc(O)c4c3=O)OC(C)C2OC(C)=O)C(O)C1O. The van der Waals surface area contributed by atoms with Crippen LogP contribution in [-0.4, -0.2) is 171 Å². The molecule has 0 saturated carbocycles. The second kappa shape index (κ2) is 22.5. The predicted octanol–water partition coefficient (Wildman–Crippen LogP) is -0.00540. The lowest BCUT2D eigenvalue weighted by atomic mass is 9.96. The number of phenols is 1. The number of ether oxygens (including phenoxy) is 10. The van der Waals surface area contributed by atoms with Gasteiger partial charge in [0.15, 0.2) is 24.3 Å². The van der Waals surface area contributed by atoms with Crippen molar-refractivity contribution in [2.45, 2.75) is 147 Å². The maximum Gasteiger partial charge on any atom is 0.305 e. The third kappa shape index (κ3) is 11.6. The molecule has 8 N–H and O–H groups in total. The zero-order valence-corrected chi connectivity index (χ0v) is 38.7. The van der Waals surface area contributed by atoms with Gasteiger partial charge in [-0.15, -0.1) is 0 Å². The van der Waals surface area contributed by atoms with Gasteiger partial charge >= 0.3 is 17.9 Å². The van der Waals surface area contributed by atoms with Gasteiger partial charge in [0.2, 0.25) is 23.8 Å². The molecule has 1 aromatic heterocycles. The summed E-state index contributed by atoms with van der Waals surface area (Å²) in [6, 6.07) is 7.12. The van der Waals surface area contributed by atoms with E-state index in [-0.39, 0.29) is 41.1 Å². The van der Waals surface area contributed by atoms with E-state index in [1.165, 1.54) is 45.2 Å². The van der Waals surface area contributed by atoms with Crippen LogP contribution in [0.3, 0.4) is 0 Å². The lowest BCUT2D eigenvalue weighted by molar-refractivity contribution is -0.351. The van der Waals surface area contributed by atoms with Crippen LogP contribution >= 0.6 is 0 Å². The highest BCUT2D eigenvalue weighted by atomic mass is 16.8. The number of carbonyl (C=O) groups is 3. The number of carbonyl (C=O) groups excluding carboxylic acids is 3. The molecule has 3 aliphatic rings. The number of hydrogen-bond donors (Lipinski definition) is 8. The lowest BCUT2D eigenvalue weighted by Gasteiger charge is -2.46. The number of aliphatic hydroxyl groups is 7. The highest BCUT2D eigenvalue weighted by Gasteiger charge is 2.54. The molecular weight excluding hydrogens is 920 g/mol. The van der Waals surface area contributed by atoms with Crippen molar-refractivity contribution >= 4 is 28.9 Å². The zero-order valence-electron chi connectivity index (χ0n) is 38.7. The quantitative estimate of drug-likeness (QED) is 0.0532. The predicted molar refractivity (Wildman–Crippen MR) is 233 cm³/mol. The number of phenolic OH excluding ortho intramolecular Hbond substituents is 1. The maximum absolute atomic E-state index is 14.9. The van der Waals surface area contributed by atoms with Gasteiger partial charge in [-0.3, -0.25) is 19.2 Å². The highest BCUT2D eigenvalue weighted by molar-refractivity contribution is 5.91. The third-order valence-corrected chi connectivity index (χ3v) is 11.6. The molecule has 0 amide bonds. The van der Waals surface area contributed by atoms with Gasteiger partial charge in [-0.05, 0) is 51.5 Å². The summed E-state index contributed by atoms with van der Waals surface area (Å²) < 4.78 is 63.5. The van der Waals surface area contributed by atoms with Crippen molar-refractivity contribution in [3.05, 3.63) is 57.8 Å². The number of fused-ring (bicyclic) bond motifs is 1. The standard InChI is InChI=1S/C46H58O23/c1-8-29(51)66-41-28(17-60-20(5)48)65-45(36(57)34(41)55)69-43-37(58)46(61-19(4)38(43)62-21(6)49)68-42-32(53)30-25(50)15-26(63-44-35(56)33(54)31(52)27(16-47)64-44)24(14-9-18(2)3)40(30)67-39(42)22-10-12-23(59-7)13-11-22/h9-13,15,19,27-28,31,33-38,41,43-47,50,52,54-58H,8,14,16-17H2,1-7H3. The Balaban J connectivity index is 1.45. The van der Waals surface area contributed by atoms with E-state index >= 15 is 0 Å². The Hall–Kier alpha value is -5.44. The molecule has 0 spiro atoms. The molecule has 23 nitrogen and oxygen atoms in total. The lowest BCUT2D eigenvalue weighted by Crippen LogP contribution is -2.65. The first-order valence-corrected chi connectivity index (χ1v) is 22.0. The molecule has 3 aromatic rings. The van der Waals surface area contributed by atoms with Crippen molar-refractivity contribution < 1.29 is 107 Å². The normalized spacial score (nSPS) is 31.3. The fourth-order valence-corrected chi connectivity index (χ4v) is 7.89. The Kier molecular flexibility index (Phi) is 17.3. The maximum atomic E-state index is 14.9. The van der Waals surface area contributed by atoms with Crippen molar-refractivity contribution in [2.75, 3.05) is 20.3 Å². The number of hydrogen-bond acceptors (Lipinski definition) is 23. The minimum absolute atomic E-state index is 0.0249. The van der Waals surface area contributed by atoms with Crippen molar-refractivity contribution in [1.29, 1.82) is 0 Å². The smallest absolute Gasteiger partial charge is 0.305 e. The third-order valence-electron chi connectivity index (χ3n) is 11.6. The number of benzene rings is 2. The number of methoxy groups -OCH3 is 1. The Morgan fingerprint density at radius 3 is 2.01 bits per heavy atom. The summed E-state index contributed by atoms with van der Waals surface area (Å²) in [6.07, 6.45) is -24.0. The van der Waals surface area contributed by atoms with Gasteiger partial charge in [0.25, 0.3) is 0 Å². The van der Waals surface area contributed by atoms with Gasteiger partial charge in [0.1, 0.15) is 89.8 Å². The molecule has 2 aromatic carbocycles. The van der Waals surface area contributed by atoms with E-state index in [1.807, 2.05) is 0 Å². The van der Waals surface area contributed by atoms with Crippen molar-refractivity contribution in [1.82, 2.24) is 0 Å². The van der Waals surface area contributed by atoms with E-state index in [0.717, 1.165) is 25.5 Å². The molecule has 4 heterocycles. The van der Waals surface area contributed by atoms with Crippen LogP contribution in [0.5, 0.6) is 23.0 Å². The number of aliphatic hydroxyl groups excluding tert-OH is 7. The largest absolute Gasteiger partial charge is 0.507 e. The minimum Gasteiger partial charge on any atom is -0.507 e. The van der Waals surface area contributed by atoms with Crippen LogP contribution in [0, 0.1) is 0 Å². The summed E-state index contributed by atoms with van der Waals surface area (Å²) in [5.41, 5.74) is -0.166. The summed E-state index contributed by atoms with van der Waals surface area (Å²) >= 11 is 0. The zero-order chi connectivity index (χ0) is 50.6. The summed E-state index contributed by atoms with van der Waals surface area (Å²) in [6.45, 7) is 7.30. The Morgan fingerprint density at radius 2 is 1.41 bits per heavy atom. The van der Waals surface area contributed by atoms with Gasteiger partial charge in [0, 0.05) is 37.5 Å². The molecule has 15 unspecified atom stereocenters. The summed E-state index contributed by atoms with van der Waals surface area (Å²) in [4.78, 5) is 51.4. The van der Waals surface area contributed by atoms with Gasteiger partial charge < -0.3 is 92.6 Å². The molecule has 0 aliphatic carbocycles. The number of esters is 3. The molecule has 69 heavy (non-hydrogen) atoms. The molecule has 23 heteroatoms. The molecule has 0 radical (unpaired) electrons. The van der Waals surface area contributed by atoms with Crippen LogP contribution in [0.1, 0.15) is 53.5 Å². The molecule has 6 rings (SSSR count). The molecule has 15 atom stereocenters. The van der Waals surface area contributed by atoms with Gasteiger partial charge in [-0.25, -0.2) is 0 Å². The van der Waals surface area contributed by atoms with Crippen molar-refractivity contribution in [3.63, 3.8) is 0 Å². The van der Waals surface area contributed by atoms with Crippen LogP contribution in [0.4, 0.5) is 0 Å². The van der Waals surface area contributed by atoms with E-state index in [0.29, 0.717) is 5.75 Å². The highest BCUT2D eigenvalue weighted by Crippen LogP contribution is 2.42. The van der Waals surface area contributed by atoms with Crippen molar-refractivity contribution in [3.8, 4) is 34.3 Å². The minimum atomic E-state index is -2.05. The summed E-state index contributed by atoms with van der Waals surface area (Å²) in [5, 5.41) is 87.1. The van der Waals surface area contributed by atoms with E-state index in [9.17, 15) is 60.0 Å². The first kappa shape index (κ1) is 52.9. The van der Waals surface area contributed by atoms with E-state index in [4.69, 9.17) is 51.8 Å². The second-order valence-corrected chi connectivity index (χ2v) is 16.8. The van der Waals surface area contributed by atoms with E-state index < -0.39 is 146 Å². The number of allylic oxidation sites excluding steroid dienone is 2. The van der Waals surface area contributed by atoms with Gasteiger partial charge in [-0.1, -0.05) is 18.6 Å². The van der Waals surface area contributed by atoms with Crippen molar-refractivity contribution in [2.24, 2.45) is 0 Å². The van der Waals surface area contributed by atoms with Crippen LogP contribution in [-0.2, 0) is 54.0 Å². The van der Waals surface area contributed by atoms with Crippen LogP contribution in [0.25, 0.3) is 22.3 Å². The monoisotopic (exact) mass is 978 g/mol.